The highest BCUT2D eigenvalue weighted by molar-refractivity contribution is 4.63. The Kier molecular flexibility index (Phi) is 8.40. The molecule has 3 nitrogen and oxygen atoms in total. The molecular formula is C10H23NO2. The van der Waals surface area contributed by atoms with E-state index in [9.17, 15) is 0 Å². The number of methoxy groups -OCH3 is 1. The summed E-state index contributed by atoms with van der Waals surface area (Å²) in [4.78, 5) is 0. The van der Waals surface area contributed by atoms with Gasteiger partial charge >= 0.3 is 0 Å². The van der Waals surface area contributed by atoms with E-state index in [0.717, 1.165) is 6.42 Å². The molecule has 0 saturated carbocycles. The SMILES string of the molecule is CCC(C)CC(N)COCCOC. The van der Waals surface area contributed by atoms with Gasteiger partial charge in [-0.1, -0.05) is 20.3 Å². The molecule has 80 valence electrons. The fraction of sp³-hybridized carbons (Fsp3) is 1.00. The zero-order valence-corrected chi connectivity index (χ0v) is 9.08. The maximum absolute atomic E-state index is 5.87. The van der Waals surface area contributed by atoms with Crippen LogP contribution in [0.3, 0.4) is 0 Å². The van der Waals surface area contributed by atoms with Gasteiger partial charge in [-0.25, -0.2) is 0 Å². The van der Waals surface area contributed by atoms with E-state index in [1.165, 1.54) is 6.42 Å². The van der Waals surface area contributed by atoms with Crippen LogP contribution in [0.5, 0.6) is 0 Å². The third-order valence-electron chi connectivity index (χ3n) is 2.17. The molecule has 2 unspecified atom stereocenters. The molecule has 2 N–H and O–H groups in total. The molecule has 13 heavy (non-hydrogen) atoms. The van der Waals surface area contributed by atoms with E-state index in [2.05, 4.69) is 13.8 Å². The zero-order valence-electron chi connectivity index (χ0n) is 9.08. The van der Waals surface area contributed by atoms with Crippen LogP contribution in [0.1, 0.15) is 26.7 Å². The van der Waals surface area contributed by atoms with Gasteiger partial charge in [-0.05, 0) is 12.3 Å². The first kappa shape index (κ1) is 12.9. The van der Waals surface area contributed by atoms with Gasteiger partial charge in [-0.2, -0.15) is 0 Å². The second kappa shape index (κ2) is 8.48. The van der Waals surface area contributed by atoms with Crippen molar-refractivity contribution in [3.63, 3.8) is 0 Å². The molecule has 3 heteroatoms. The van der Waals surface area contributed by atoms with Crippen molar-refractivity contribution in [3.05, 3.63) is 0 Å². The molecule has 0 aliphatic heterocycles. The second-order valence-corrected chi connectivity index (χ2v) is 3.58. The maximum atomic E-state index is 5.87. The quantitative estimate of drug-likeness (QED) is 0.587. The van der Waals surface area contributed by atoms with Crippen molar-refractivity contribution in [3.8, 4) is 0 Å². The van der Waals surface area contributed by atoms with Crippen molar-refractivity contribution in [2.24, 2.45) is 11.7 Å². The Bertz CT molecular complexity index is 109. The van der Waals surface area contributed by atoms with Crippen LogP contribution in [0, 0.1) is 5.92 Å². The Morgan fingerprint density at radius 3 is 2.54 bits per heavy atom. The van der Waals surface area contributed by atoms with E-state index in [1.807, 2.05) is 0 Å². The van der Waals surface area contributed by atoms with E-state index in [1.54, 1.807) is 7.11 Å². The van der Waals surface area contributed by atoms with Gasteiger partial charge in [0, 0.05) is 13.2 Å². The summed E-state index contributed by atoms with van der Waals surface area (Å²) < 4.78 is 10.2. The minimum atomic E-state index is 0.173. The summed E-state index contributed by atoms with van der Waals surface area (Å²) in [6, 6.07) is 0.173. The first-order valence-corrected chi connectivity index (χ1v) is 5.03. The first-order chi connectivity index (χ1) is 6.20. The van der Waals surface area contributed by atoms with Crippen LogP contribution < -0.4 is 5.73 Å². The Balaban J connectivity index is 3.24. The van der Waals surface area contributed by atoms with Gasteiger partial charge in [-0.3, -0.25) is 0 Å². The van der Waals surface area contributed by atoms with Gasteiger partial charge in [-0.15, -0.1) is 0 Å². The molecule has 2 atom stereocenters. The molecule has 0 radical (unpaired) electrons. The van der Waals surface area contributed by atoms with Crippen molar-refractivity contribution in [2.45, 2.75) is 32.7 Å². The highest BCUT2D eigenvalue weighted by atomic mass is 16.5. The van der Waals surface area contributed by atoms with E-state index in [0.29, 0.717) is 25.7 Å². The van der Waals surface area contributed by atoms with Crippen LogP contribution in [0.15, 0.2) is 0 Å². The van der Waals surface area contributed by atoms with E-state index in [4.69, 9.17) is 15.2 Å². The van der Waals surface area contributed by atoms with Crippen LogP contribution in [-0.4, -0.2) is 33.0 Å². The van der Waals surface area contributed by atoms with Crippen molar-refractivity contribution >= 4 is 0 Å². The van der Waals surface area contributed by atoms with Crippen molar-refractivity contribution in [1.29, 1.82) is 0 Å². The second-order valence-electron chi connectivity index (χ2n) is 3.58. The molecule has 0 amide bonds. The zero-order chi connectivity index (χ0) is 10.1. The molecule has 0 aliphatic rings. The lowest BCUT2D eigenvalue weighted by Gasteiger charge is -2.15. The van der Waals surface area contributed by atoms with Crippen LogP contribution in [0.4, 0.5) is 0 Å². The molecule has 0 aromatic rings. The molecular weight excluding hydrogens is 166 g/mol. The third-order valence-corrected chi connectivity index (χ3v) is 2.17. The van der Waals surface area contributed by atoms with Gasteiger partial charge in [0.2, 0.25) is 0 Å². The average Bonchev–Trinajstić information content (AvgIpc) is 2.12. The van der Waals surface area contributed by atoms with Gasteiger partial charge in [0.15, 0.2) is 0 Å². The molecule has 0 aliphatic carbocycles. The topological polar surface area (TPSA) is 44.5 Å². The van der Waals surface area contributed by atoms with Crippen molar-refractivity contribution in [2.75, 3.05) is 26.9 Å². The van der Waals surface area contributed by atoms with Gasteiger partial charge in [0.05, 0.1) is 19.8 Å². The average molecular weight is 189 g/mol. The van der Waals surface area contributed by atoms with E-state index < -0.39 is 0 Å². The highest BCUT2D eigenvalue weighted by Crippen LogP contribution is 2.08. The Morgan fingerprint density at radius 2 is 2.00 bits per heavy atom. The summed E-state index contributed by atoms with van der Waals surface area (Å²) in [5.74, 6) is 0.695. The minimum absolute atomic E-state index is 0.173. The van der Waals surface area contributed by atoms with Crippen LogP contribution in [0.25, 0.3) is 0 Å². The smallest absolute Gasteiger partial charge is 0.0701 e. The number of rotatable bonds is 8. The lowest BCUT2D eigenvalue weighted by molar-refractivity contribution is 0.0608. The van der Waals surface area contributed by atoms with Gasteiger partial charge < -0.3 is 15.2 Å². The molecule has 0 aromatic heterocycles. The Morgan fingerprint density at radius 1 is 1.31 bits per heavy atom. The van der Waals surface area contributed by atoms with E-state index in [-0.39, 0.29) is 6.04 Å². The third kappa shape index (κ3) is 8.22. The lowest BCUT2D eigenvalue weighted by atomic mass is 10.0. The fourth-order valence-electron chi connectivity index (χ4n) is 1.13. The normalized spacial score (nSPS) is 15.7. The van der Waals surface area contributed by atoms with Crippen LogP contribution >= 0.6 is 0 Å². The largest absolute Gasteiger partial charge is 0.382 e. The number of nitrogens with two attached hydrogens (primary N) is 1. The molecule has 0 bridgehead atoms. The van der Waals surface area contributed by atoms with Crippen molar-refractivity contribution < 1.29 is 9.47 Å². The van der Waals surface area contributed by atoms with Crippen LogP contribution in [-0.2, 0) is 9.47 Å². The summed E-state index contributed by atoms with van der Waals surface area (Å²) >= 11 is 0. The van der Waals surface area contributed by atoms with E-state index >= 15 is 0 Å². The number of hydrogen-bond acceptors (Lipinski definition) is 3. The lowest BCUT2D eigenvalue weighted by Crippen LogP contribution is -2.28. The Hall–Kier alpha value is -0.120. The van der Waals surface area contributed by atoms with Gasteiger partial charge in [0.25, 0.3) is 0 Å². The first-order valence-electron chi connectivity index (χ1n) is 5.03. The summed E-state index contributed by atoms with van der Waals surface area (Å²) in [5, 5.41) is 0. The Labute approximate surface area is 81.6 Å². The standard InChI is InChI=1S/C10H23NO2/c1-4-9(2)7-10(11)8-13-6-5-12-3/h9-10H,4-8,11H2,1-3H3. The predicted octanol–water partition coefficient (Wildman–Crippen LogP) is 1.41. The molecule has 0 aromatic carbocycles. The van der Waals surface area contributed by atoms with Crippen LogP contribution in [0.2, 0.25) is 0 Å². The van der Waals surface area contributed by atoms with Gasteiger partial charge in [0.1, 0.15) is 0 Å². The summed E-state index contributed by atoms with van der Waals surface area (Å²) in [5.41, 5.74) is 5.87. The molecule has 0 heterocycles. The highest BCUT2D eigenvalue weighted by Gasteiger charge is 2.07. The summed E-state index contributed by atoms with van der Waals surface area (Å²) in [6.45, 7) is 6.34. The predicted molar refractivity (Wildman–Crippen MR) is 54.7 cm³/mol. The minimum Gasteiger partial charge on any atom is -0.382 e. The fourth-order valence-corrected chi connectivity index (χ4v) is 1.13. The summed E-state index contributed by atoms with van der Waals surface area (Å²) in [7, 11) is 1.67. The van der Waals surface area contributed by atoms with Crippen molar-refractivity contribution in [1.82, 2.24) is 0 Å². The molecule has 0 spiro atoms. The number of ether oxygens (including phenoxy) is 2. The molecule has 0 rings (SSSR count). The maximum Gasteiger partial charge on any atom is 0.0701 e. The molecule has 0 saturated heterocycles. The molecule has 0 fully saturated rings. The number of hydrogen-bond donors (Lipinski definition) is 1. The summed E-state index contributed by atoms with van der Waals surface area (Å²) in [6.07, 6.45) is 2.23. The monoisotopic (exact) mass is 189 g/mol.